The van der Waals surface area contributed by atoms with Crippen molar-refractivity contribution in [1.82, 2.24) is 4.90 Å². The van der Waals surface area contributed by atoms with Gasteiger partial charge in [-0.1, -0.05) is 13.0 Å². The van der Waals surface area contributed by atoms with Gasteiger partial charge in [0.05, 0.1) is 6.04 Å². The zero-order valence-corrected chi connectivity index (χ0v) is 15.1. The molecule has 0 saturated carbocycles. The van der Waals surface area contributed by atoms with E-state index in [4.69, 9.17) is 5.73 Å². The van der Waals surface area contributed by atoms with E-state index in [-0.39, 0.29) is 23.3 Å². The number of carbonyl (C=O) groups excluding carboxylic acids is 2. The quantitative estimate of drug-likeness (QED) is 0.854. The third kappa shape index (κ3) is 3.85. The number of amides is 2. The van der Waals surface area contributed by atoms with Crippen molar-refractivity contribution in [3.8, 4) is 0 Å². The van der Waals surface area contributed by atoms with Gasteiger partial charge in [0.25, 0.3) is 0 Å². The van der Waals surface area contributed by atoms with Crippen LogP contribution >= 0.6 is 0 Å². The first-order chi connectivity index (χ1) is 11.9. The van der Waals surface area contributed by atoms with Crippen molar-refractivity contribution in [3.63, 3.8) is 0 Å². The molecular formula is C19H28N4O2. The van der Waals surface area contributed by atoms with Gasteiger partial charge < -0.3 is 16.0 Å². The predicted octanol–water partition coefficient (Wildman–Crippen LogP) is 1.81. The Labute approximate surface area is 149 Å². The Morgan fingerprint density at radius 1 is 1.40 bits per heavy atom. The first kappa shape index (κ1) is 17.9. The topological polar surface area (TPSA) is 78.7 Å². The fourth-order valence-corrected chi connectivity index (χ4v) is 3.64. The number of carbonyl (C=O) groups is 2. The standard InChI is InChI=1S/C19H28N4O2/c1-14(22-10-8-19(2,12-20)13-22)18(25)21-15-5-3-6-16(11-15)23-9-4-7-17(23)24/h3,5-6,11,14H,4,7-10,12-13,20H2,1-2H3,(H,21,25). The van der Waals surface area contributed by atoms with E-state index in [2.05, 4.69) is 17.1 Å². The Kier molecular flexibility index (Phi) is 5.11. The molecule has 1 aromatic carbocycles. The van der Waals surface area contributed by atoms with Gasteiger partial charge in [-0.3, -0.25) is 14.5 Å². The summed E-state index contributed by atoms with van der Waals surface area (Å²) in [4.78, 5) is 28.5. The van der Waals surface area contributed by atoms with Crippen molar-refractivity contribution in [2.24, 2.45) is 11.1 Å². The average Bonchev–Trinajstić information content (AvgIpc) is 3.21. The number of anilines is 2. The highest BCUT2D eigenvalue weighted by Gasteiger charge is 2.36. The molecule has 0 aromatic heterocycles. The lowest BCUT2D eigenvalue weighted by Crippen LogP contribution is -2.42. The molecule has 6 nitrogen and oxygen atoms in total. The summed E-state index contributed by atoms with van der Waals surface area (Å²) in [6, 6.07) is 7.33. The molecule has 0 aliphatic carbocycles. The van der Waals surface area contributed by atoms with Gasteiger partial charge in [0.1, 0.15) is 0 Å². The summed E-state index contributed by atoms with van der Waals surface area (Å²) in [5.74, 6) is 0.126. The minimum absolute atomic E-state index is 0.0221. The summed E-state index contributed by atoms with van der Waals surface area (Å²) < 4.78 is 0. The number of nitrogens with two attached hydrogens (primary N) is 1. The van der Waals surface area contributed by atoms with E-state index >= 15 is 0 Å². The maximum atomic E-state index is 12.6. The van der Waals surface area contributed by atoms with Crippen LogP contribution in [-0.2, 0) is 9.59 Å². The molecule has 2 unspecified atom stereocenters. The highest BCUT2D eigenvalue weighted by molar-refractivity contribution is 5.98. The van der Waals surface area contributed by atoms with Gasteiger partial charge in [-0.2, -0.15) is 0 Å². The van der Waals surface area contributed by atoms with E-state index < -0.39 is 0 Å². The molecule has 2 heterocycles. The van der Waals surface area contributed by atoms with Gasteiger partial charge in [-0.05, 0) is 56.5 Å². The molecule has 2 saturated heterocycles. The van der Waals surface area contributed by atoms with Gasteiger partial charge in [-0.25, -0.2) is 0 Å². The largest absolute Gasteiger partial charge is 0.330 e. The number of nitrogens with one attached hydrogen (secondary N) is 1. The van der Waals surface area contributed by atoms with Crippen LogP contribution in [0.5, 0.6) is 0 Å². The van der Waals surface area contributed by atoms with Crippen LogP contribution in [0.2, 0.25) is 0 Å². The van der Waals surface area contributed by atoms with E-state index in [1.807, 2.05) is 31.2 Å². The normalized spacial score (nSPS) is 25.4. The van der Waals surface area contributed by atoms with Gasteiger partial charge in [0, 0.05) is 30.9 Å². The number of nitrogens with zero attached hydrogens (tertiary/aromatic N) is 2. The molecule has 1 aromatic rings. The molecule has 0 radical (unpaired) electrons. The number of rotatable bonds is 5. The van der Waals surface area contributed by atoms with Crippen LogP contribution in [0.3, 0.4) is 0 Å². The molecule has 2 atom stereocenters. The maximum absolute atomic E-state index is 12.6. The van der Waals surface area contributed by atoms with E-state index in [9.17, 15) is 9.59 Å². The molecule has 3 rings (SSSR count). The molecule has 2 fully saturated rings. The van der Waals surface area contributed by atoms with Crippen LogP contribution in [-0.4, -0.2) is 48.9 Å². The van der Waals surface area contributed by atoms with Crippen molar-refractivity contribution in [2.45, 2.75) is 39.2 Å². The summed E-state index contributed by atoms with van der Waals surface area (Å²) >= 11 is 0. The highest BCUT2D eigenvalue weighted by Crippen LogP contribution is 2.30. The lowest BCUT2D eigenvalue weighted by atomic mass is 9.90. The van der Waals surface area contributed by atoms with Crippen molar-refractivity contribution in [1.29, 1.82) is 0 Å². The van der Waals surface area contributed by atoms with Gasteiger partial charge >= 0.3 is 0 Å². The van der Waals surface area contributed by atoms with E-state index in [1.54, 1.807) is 4.90 Å². The van der Waals surface area contributed by atoms with Crippen LogP contribution in [0.4, 0.5) is 11.4 Å². The molecule has 136 valence electrons. The zero-order chi connectivity index (χ0) is 18.0. The van der Waals surface area contributed by atoms with Crippen molar-refractivity contribution in [3.05, 3.63) is 24.3 Å². The molecule has 6 heteroatoms. The Hall–Kier alpha value is -1.92. The molecule has 3 N–H and O–H groups in total. The fourth-order valence-electron chi connectivity index (χ4n) is 3.64. The SMILES string of the molecule is CC(C(=O)Nc1cccc(N2CCCC2=O)c1)N1CCC(C)(CN)C1. The number of hydrogen-bond donors (Lipinski definition) is 2. The van der Waals surface area contributed by atoms with Gasteiger partial charge in [0.2, 0.25) is 11.8 Å². The monoisotopic (exact) mass is 344 g/mol. The first-order valence-electron chi connectivity index (χ1n) is 9.07. The zero-order valence-electron chi connectivity index (χ0n) is 15.1. The van der Waals surface area contributed by atoms with E-state index in [0.29, 0.717) is 13.0 Å². The molecule has 0 bridgehead atoms. The van der Waals surface area contributed by atoms with Gasteiger partial charge in [0.15, 0.2) is 0 Å². The van der Waals surface area contributed by atoms with Crippen molar-refractivity contribution in [2.75, 3.05) is 36.4 Å². The summed E-state index contributed by atoms with van der Waals surface area (Å²) in [6.07, 6.45) is 2.51. The second-order valence-corrected chi connectivity index (χ2v) is 7.60. The summed E-state index contributed by atoms with van der Waals surface area (Å²) in [7, 11) is 0. The molecule has 25 heavy (non-hydrogen) atoms. The predicted molar refractivity (Wildman–Crippen MR) is 99.5 cm³/mol. The fraction of sp³-hybridized carbons (Fsp3) is 0.579. The molecular weight excluding hydrogens is 316 g/mol. The average molecular weight is 344 g/mol. The Morgan fingerprint density at radius 3 is 2.84 bits per heavy atom. The Morgan fingerprint density at radius 2 is 2.20 bits per heavy atom. The van der Waals surface area contributed by atoms with Crippen LogP contribution in [0, 0.1) is 5.41 Å². The second kappa shape index (κ2) is 7.14. The van der Waals surface area contributed by atoms with Crippen LogP contribution < -0.4 is 16.0 Å². The van der Waals surface area contributed by atoms with Crippen molar-refractivity contribution >= 4 is 23.2 Å². The lowest BCUT2D eigenvalue weighted by Gasteiger charge is -2.26. The Bertz CT molecular complexity index is 663. The lowest BCUT2D eigenvalue weighted by molar-refractivity contribution is -0.120. The summed E-state index contributed by atoms with van der Waals surface area (Å²) in [6.45, 7) is 7.24. The van der Waals surface area contributed by atoms with Crippen LogP contribution in [0.15, 0.2) is 24.3 Å². The van der Waals surface area contributed by atoms with Crippen LogP contribution in [0.1, 0.15) is 33.1 Å². The van der Waals surface area contributed by atoms with E-state index in [0.717, 1.165) is 43.9 Å². The number of hydrogen-bond acceptors (Lipinski definition) is 4. The molecule has 0 spiro atoms. The molecule has 2 aliphatic heterocycles. The minimum Gasteiger partial charge on any atom is -0.330 e. The first-order valence-corrected chi connectivity index (χ1v) is 9.07. The minimum atomic E-state index is -0.203. The molecule has 2 aliphatic rings. The van der Waals surface area contributed by atoms with Crippen molar-refractivity contribution < 1.29 is 9.59 Å². The number of likely N-dealkylation sites (tertiary alicyclic amines) is 1. The third-order valence-electron chi connectivity index (χ3n) is 5.51. The van der Waals surface area contributed by atoms with Gasteiger partial charge in [-0.15, -0.1) is 0 Å². The maximum Gasteiger partial charge on any atom is 0.241 e. The Balaban J connectivity index is 1.64. The summed E-state index contributed by atoms with van der Waals surface area (Å²) in [5, 5.41) is 2.99. The number of benzene rings is 1. The van der Waals surface area contributed by atoms with E-state index in [1.165, 1.54) is 0 Å². The third-order valence-corrected chi connectivity index (χ3v) is 5.51. The highest BCUT2D eigenvalue weighted by atomic mass is 16.2. The smallest absolute Gasteiger partial charge is 0.241 e. The second-order valence-electron chi connectivity index (χ2n) is 7.60. The van der Waals surface area contributed by atoms with Crippen LogP contribution in [0.25, 0.3) is 0 Å². The molecule has 2 amide bonds. The summed E-state index contributed by atoms with van der Waals surface area (Å²) in [5.41, 5.74) is 7.54.